The third-order valence-electron chi connectivity index (χ3n) is 4.07. The lowest BCUT2D eigenvalue weighted by atomic mass is 10.1. The maximum absolute atomic E-state index is 13.8. The molecule has 0 aliphatic carbocycles. The number of rotatable bonds is 5. The molecule has 0 saturated heterocycles. The Morgan fingerprint density at radius 1 is 0.962 bits per heavy atom. The number of aromatic nitrogens is 1. The molecule has 4 aromatic rings. The molecule has 0 spiro atoms. The maximum atomic E-state index is 13.8. The van der Waals surface area contributed by atoms with E-state index < -0.39 is 11.9 Å². The number of nitrogens with zero attached hydrogens (tertiary/aromatic N) is 1. The zero-order valence-electron chi connectivity index (χ0n) is 13.8. The summed E-state index contributed by atoms with van der Waals surface area (Å²) in [6, 6.07) is 21.7. The molecule has 5 heteroatoms. The van der Waals surface area contributed by atoms with Gasteiger partial charge in [0, 0.05) is 5.56 Å². The average molecular weight is 365 g/mol. The van der Waals surface area contributed by atoms with Gasteiger partial charge in [0.25, 0.3) is 0 Å². The van der Waals surface area contributed by atoms with Crippen molar-refractivity contribution in [1.29, 1.82) is 0 Å². The van der Waals surface area contributed by atoms with Gasteiger partial charge in [0.05, 0.1) is 15.8 Å². The number of hydrogen-bond acceptors (Lipinski definition) is 4. The van der Waals surface area contributed by atoms with Crippen molar-refractivity contribution in [2.24, 2.45) is 0 Å². The first-order valence-corrected chi connectivity index (χ1v) is 9.04. The van der Waals surface area contributed by atoms with Crippen molar-refractivity contribution in [1.82, 2.24) is 4.98 Å². The molecule has 0 aliphatic heterocycles. The highest BCUT2D eigenvalue weighted by Crippen LogP contribution is 2.36. The fourth-order valence-electron chi connectivity index (χ4n) is 2.76. The summed E-state index contributed by atoms with van der Waals surface area (Å²) < 4.78 is 20.7. The predicted molar refractivity (Wildman–Crippen MR) is 102 cm³/mol. The Labute approximate surface area is 154 Å². The lowest BCUT2D eigenvalue weighted by Gasteiger charge is -2.15. The Morgan fingerprint density at radius 2 is 1.69 bits per heavy atom. The summed E-state index contributed by atoms with van der Waals surface area (Å²) in [5.41, 5.74) is 2.02. The predicted octanol–water partition coefficient (Wildman–Crippen LogP) is 5.21. The van der Waals surface area contributed by atoms with Crippen LogP contribution in [-0.4, -0.2) is 16.7 Å². The van der Waals surface area contributed by atoms with Crippen LogP contribution in [0.4, 0.5) is 4.39 Å². The number of aliphatic hydroxyl groups excluding tert-OH is 1. The van der Waals surface area contributed by atoms with E-state index >= 15 is 0 Å². The van der Waals surface area contributed by atoms with Crippen LogP contribution in [0.15, 0.2) is 72.8 Å². The zero-order chi connectivity index (χ0) is 17.9. The Kier molecular flexibility index (Phi) is 4.65. The summed E-state index contributed by atoms with van der Waals surface area (Å²) in [6.45, 7) is -0.0388. The number of hydrogen-bond donors (Lipinski definition) is 1. The molecular formula is C21H16FNO2S. The van der Waals surface area contributed by atoms with Gasteiger partial charge < -0.3 is 9.84 Å². The number of aliphatic hydroxyl groups is 1. The van der Waals surface area contributed by atoms with E-state index in [1.807, 2.05) is 48.5 Å². The summed E-state index contributed by atoms with van der Waals surface area (Å²) in [5, 5.41) is 11.1. The molecule has 0 aliphatic rings. The first kappa shape index (κ1) is 16.7. The Bertz CT molecular complexity index is 1010. The van der Waals surface area contributed by atoms with Crippen LogP contribution in [0, 0.1) is 5.82 Å². The average Bonchev–Trinajstić information content (AvgIpc) is 3.11. The third-order valence-corrected chi connectivity index (χ3v) is 5.14. The molecule has 130 valence electrons. The van der Waals surface area contributed by atoms with Crippen LogP contribution in [0.3, 0.4) is 0 Å². The van der Waals surface area contributed by atoms with Crippen molar-refractivity contribution in [3.63, 3.8) is 0 Å². The Hall–Kier alpha value is -2.76. The van der Waals surface area contributed by atoms with Gasteiger partial charge in [0.15, 0.2) is 0 Å². The number of halogens is 1. The first-order valence-electron chi connectivity index (χ1n) is 8.22. The van der Waals surface area contributed by atoms with Crippen LogP contribution in [0.1, 0.15) is 11.7 Å². The molecule has 0 fully saturated rings. The molecule has 1 aromatic heterocycles. The van der Waals surface area contributed by atoms with Crippen molar-refractivity contribution in [2.75, 3.05) is 6.61 Å². The summed E-state index contributed by atoms with van der Waals surface area (Å²) in [7, 11) is 0. The second-order valence-corrected chi connectivity index (χ2v) is 6.86. The summed E-state index contributed by atoms with van der Waals surface area (Å²) in [4.78, 5) is 4.66. The maximum Gasteiger partial charge on any atom is 0.129 e. The van der Waals surface area contributed by atoms with E-state index in [1.54, 1.807) is 29.5 Å². The first-order chi connectivity index (χ1) is 12.7. The number of para-hydroxylation sites is 2. The fraction of sp³-hybridized carbons (Fsp3) is 0.0952. The Morgan fingerprint density at radius 3 is 2.54 bits per heavy atom. The van der Waals surface area contributed by atoms with Gasteiger partial charge in [-0.1, -0.05) is 42.5 Å². The van der Waals surface area contributed by atoms with E-state index in [0.717, 1.165) is 20.8 Å². The molecule has 4 rings (SSSR count). The minimum Gasteiger partial charge on any atom is -0.490 e. The van der Waals surface area contributed by atoms with Crippen LogP contribution in [0.2, 0.25) is 0 Å². The van der Waals surface area contributed by atoms with E-state index in [-0.39, 0.29) is 12.2 Å². The number of fused-ring (bicyclic) bond motifs is 1. The van der Waals surface area contributed by atoms with Gasteiger partial charge in [-0.05, 0) is 30.3 Å². The van der Waals surface area contributed by atoms with E-state index in [2.05, 4.69) is 4.98 Å². The largest absolute Gasteiger partial charge is 0.490 e. The van der Waals surface area contributed by atoms with Gasteiger partial charge in [0.1, 0.15) is 29.3 Å². The van der Waals surface area contributed by atoms with Crippen molar-refractivity contribution in [2.45, 2.75) is 6.10 Å². The van der Waals surface area contributed by atoms with Gasteiger partial charge in [-0.15, -0.1) is 11.3 Å². The monoisotopic (exact) mass is 365 g/mol. The van der Waals surface area contributed by atoms with Crippen LogP contribution in [0.25, 0.3) is 20.8 Å². The lowest BCUT2D eigenvalue weighted by Crippen LogP contribution is -2.11. The van der Waals surface area contributed by atoms with Gasteiger partial charge in [-0.25, -0.2) is 9.37 Å². The molecular weight excluding hydrogens is 349 g/mol. The van der Waals surface area contributed by atoms with Crippen molar-refractivity contribution in [3.8, 4) is 16.3 Å². The quantitative estimate of drug-likeness (QED) is 0.528. The molecule has 0 amide bonds. The van der Waals surface area contributed by atoms with Crippen LogP contribution in [-0.2, 0) is 0 Å². The van der Waals surface area contributed by atoms with E-state index in [1.165, 1.54) is 6.07 Å². The Balaban J connectivity index is 1.59. The fourth-order valence-corrected chi connectivity index (χ4v) is 3.76. The molecule has 3 aromatic carbocycles. The lowest BCUT2D eigenvalue weighted by molar-refractivity contribution is 0.105. The van der Waals surface area contributed by atoms with Crippen LogP contribution >= 0.6 is 11.3 Å². The minimum atomic E-state index is -1.04. The number of ether oxygens (including phenoxy) is 1. The topological polar surface area (TPSA) is 42.4 Å². The van der Waals surface area contributed by atoms with Crippen LogP contribution < -0.4 is 4.74 Å². The molecule has 0 unspecified atom stereocenters. The molecule has 1 N–H and O–H groups in total. The summed E-state index contributed by atoms with van der Waals surface area (Å²) in [6.07, 6.45) is -1.04. The molecule has 1 atom stereocenters. The minimum absolute atomic E-state index is 0.0388. The van der Waals surface area contributed by atoms with E-state index in [9.17, 15) is 9.50 Å². The van der Waals surface area contributed by atoms with Crippen molar-refractivity contribution in [3.05, 3.63) is 84.2 Å². The van der Waals surface area contributed by atoms with Gasteiger partial charge in [-0.2, -0.15) is 0 Å². The summed E-state index contributed by atoms with van der Waals surface area (Å²) in [5.74, 6) is 0.171. The SMILES string of the molecule is O[C@H](COc1ccccc1-c1nc2ccccc2s1)c1ccccc1F. The van der Waals surface area contributed by atoms with Crippen LogP contribution in [0.5, 0.6) is 5.75 Å². The highest BCUT2D eigenvalue weighted by molar-refractivity contribution is 7.21. The van der Waals surface area contributed by atoms with Gasteiger partial charge >= 0.3 is 0 Å². The smallest absolute Gasteiger partial charge is 0.129 e. The normalized spacial score (nSPS) is 12.2. The molecule has 0 radical (unpaired) electrons. The third kappa shape index (κ3) is 3.31. The second-order valence-electron chi connectivity index (χ2n) is 5.83. The highest BCUT2D eigenvalue weighted by Gasteiger charge is 2.15. The molecule has 0 saturated carbocycles. The number of thiazole rings is 1. The molecule has 1 heterocycles. The van der Waals surface area contributed by atoms with E-state index in [0.29, 0.717) is 5.75 Å². The number of benzene rings is 3. The molecule has 3 nitrogen and oxygen atoms in total. The van der Waals surface area contributed by atoms with Crippen molar-refractivity contribution >= 4 is 21.6 Å². The molecule has 26 heavy (non-hydrogen) atoms. The summed E-state index contributed by atoms with van der Waals surface area (Å²) >= 11 is 1.58. The van der Waals surface area contributed by atoms with Crippen molar-refractivity contribution < 1.29 is 14.2 Å². The molecule has 0 bridgehead atoms. The van der Waals surface area contributed by atoms with E-state index in [4.69, 9.17) is 4.74 Å². The second kappa shape index (κ2) is 7.23. The zero-order valence-corrected chi connectivity index (χ0v) is 14.6. The highest BCUT2D eigenvalue weighted by atomic mass is 32.1. The van der Waals surface area contributed by atoms with Gasteiger partial charge in [-0.3, -0.25) is 0 Å². The standard InChI is InChI=1S/C21H16FNO2S/c22-16-9-3-1-7-14(16)18(24)13-25-19-11-5-2-8-15(19)21-23-17-10-4-6-12-20(17)26-21/h1-12,18,24H,13H2/t18-/m1/s1. The van der Waals surface area contributed by atoms with Gasteiger partial charge in [0.2, 0.25) is 0 Å².